The third kappa shape index (κ3) is 2.30. The van der Waals surface area contributed by atoms with Crippen molar-refractivity contribution < 1.29 is 14.3 Å². The Bertz CT molecular complexity index is 407. The van der Waals surface area contributed by atoms with Crippen molar-refractivity contribution in [2.45, 2.75) is 32.1 Å². The van der Waals surface area contributed by atoms with E-state index in [9.17, 15) is 9.59 Å². The van der Waals surface area contributed by atoms with E-state index in [1.54, 1.807) is 0 Å². The van der Waals surface area contributed by atoms with Gasteiger partial charge in [0.1, 0.15) is 0 Å². The van der Waals surface area contributed by atoms with Gasteiger partial charge in [-0.3, -0.25) is 9.59 Å². The molecule has 1 aromatic rings. The van der Waals surface area contributed by atoms with Gasteiger partial charge in [-0.05, 0) is 17.5 Å². The highest BCUT2D eigenvalue weighted by Gasteiger charge is 2.28. The molecule has 0 aliphatic carbocycles. The Hall–Kier alpha value is -1.64. The van der Waals surface area contributed by atoms with E-state index in [0.717, 1.165) is 12.0 Å². The summed E-state index contributed by atoms with van der Waals surface area (Å²) in [6.45, 7) is 2.08. The molecule has 0 aromatic heterocycles. The normalized spacial score (nSPS) is 17.3. The summed E-state index contributed by atoms with van der Waals surface area (Å²) in [4.78, 5) is 22.3. The maximum absolute atomic E-state index is 11.2. The number of esters is 2. The van der Waals surface area contributed by atoms with Crippen molar-refractivity contribution in [3.8, 4) is 0 Å². The molecule has 1 fully saturated rings. The zero-order valence-electron chi connectivity index (χ0n) is 9.23. The summed E-state index contributed by atoms with van der Waals surface area (Å²) in [7, 11) is 0. The first-order valence-electron chi connectivity index (χ1n) is 5.51. The zero-order valence-corrected chi connectivity index (χ0v) is 9.23. The van der Waals surface area contributed by atoms with Crippen LogP contribution in [0, 0.1) is 0 Å². The van der Waals surface area contributed by atoms with Gasteiger partial charge in [0.2, 0.25) is 0 Å². The monoisotopic (exact) mass is 218 g/mol. The molecule has 1 aliphatic heterocycles. The summed E-state index contributed by atoms with van der Waals surface area (Å²) in [5, 5.41) is 0. The largest absolute Gasteiger partial charge is 0.393 e. The number of rotatable bonds is 2. The van der Waals surface area contributed by atoms with Crippen LogP contribution in [0.25, 0.3) is 0 Å². The quantitative estimate of drug-likeness (QED) is 0.564. The fourth-order valence-corrected chi connectivity index (χ4v) is 1.99. The van der Waals surface area contributed by atoms with E-state index in [0.29, 0.717) is 12.8 Å². The second-order valence-corrected chi connectivity index (χ2v) is 4.05. The van der Waals surface area contributed by atoms with Gasteiger partial charge in [-0.2, -0.15) is 0 Å². The van der Waals surface area contributed by atoms with Crippen LogP contribution in [0.15, 0.2) is 24.3 Å². The molecule has 0 saturated carbocycles. The predicted molar refractivity (Wildman–Crippen MR) is 58.9 cm³/mol. The van der Waals surface area contributed by atoms with Crippen LogP contribution < -0.4 is 0 Å². The second-order valence-electron chi connectivity index (χ2n) is 4.05. The van der Waals surface area contributed by atoms with Crippen molar-refractivity contribution in [3.05, 3.63) is 35.4 Å². The number of carbonyl (C=O) groups is 2. The molecule has 84 valence electrons. The van der Waals surface area contributed by atoms with Gasteiger partial charge in [-0.15, -0.1) is 0 Å². The minimum Gasteiger partial charge on any atom is -0.393 e. The van der Waals surface area contributed by atoms with E-state index in [1.807, 2.05) is 18.2 Å². The molecule has 0 atom stereocenters. The van der Waals surface area contributed by atoms with E-state index < -0.39 is 11.9 Å². The highest BCUT2D eigenvalue weighted by Crippen LogP contribution is 2.28. The summed E-state index contributed by atoms with van der Waals surface area (Å²) in [6.07, 6.45) is 1.57. The molecular formula is C13H14O3. The van der Waals surface area contributed by atoms with Gasteiger partial charge in [-0.25, -0.2) is 0 Å². The van der Waals surface area contributed by atoms with E-state index in [4.69, 9.17) is 0 Å². The van der Waals surface area contributed by atoms with Crippen LogP contribution in [0.3, 0.4) is 0 Å². The van der Waals surface area contributed by atoms with Crippen LogP contribution in [0.5, 0.6) is 0 Å². The zero-order chi connectivity index (χ0) is 11.5. The van der Waals surface area contributed by atoms with E-state index >= 15 is 0 Å². The van der Waals surface area contributed by atoms with Gasteiger partial charge in [0.25, 0.3) is 0 Å². The average molecular weight is 218 g/mol. The van der Waals surface area contributed by atoms with Crippen LogP contribution in [0.2, 0.25) is 0 Å². The van der Waals surface area contributed by atoms with Crippen LogP contribution in [-0.2, 0) is 20.7 Å². The lowest BCUT2D eigenvalue weighted by Gasteiger charge is -2.20. The number of ether oxygens (including phenoxy) is 1. The molecule has 0 N–H and O–H groups in total. The Balaban J connectivity index is 2.22. The SMILES string of the molecule is CCc1cccc(C2CC(=O)OC(=O)C2)c1. The van der Waals surface area contributed by atoms with Crippen molar-refractivity contribution in [2.24, 2.45) is 0 Å². The summed E-state index contributed by atoms with van der Waals surface area (Å²) < 4.78 is 4.52. The molecule has 16 heavy (non-hydrogen) atoms. The molecule has 2 rings (SSSR count). The van der Waals surface area contributed by atoms with Crippen LogP contribution in [-0.4, -0.2) is 11.9 Å². The molecule has 1 heterocycles. The Morgan fingerprint density at radius 1 is 1.25 bits per heavy atom. The van der Waals surface area contributed by atoms with E-state index in [2.05, 4.69) is 17.7 Å². The Labute approximate surface area is 94.4 Å². The van der Waals surface area contributed by atoms with Crippen molar-refractivity contribution in [2.75, 3.05) is 0 Å². The number of hydrogen-bond acceptors (Lipinski definition) is 3. The first-order valence-corrected chi connectivity index (χ1v) is 5.51. The molecule has 0 amide bonds. The average Bonchev–Trinajstić information content (AvgIpc) is 2.28. The molecule has 0 bridgehead atoms. The lowest BCUT2D eigenvalue weighted by molar-refractivity contribution is -0.163. The Kier molecular flexibility index (Phi) is 3.04. The standard InChI is InChI=1S/C13H14O3/c1-2-9-4-3-5-10(6-9)11-7-12(14)16-13(15)8-11/h3-6,11H,2,7-8H2,1H3. The van der Waals surface area contributed by atoms with E-state index in [-0.39, 0.29) is 5.92 Å². The molecule has 1 aliphatic rings. The molecule has 1 aromatic carbocycles. The van der Waals surface area contributed by atoms with Crippen molar-refractivity contribution >= 4 is 11.9 Å². The van der Waals surface area contributed by atoms with Crippen molar-refractivity contribution in [1.82, 2.24) is 0 Å². The summed E-state index contributed by atoms with van der Waals surface area (Å²) >= 11 is 0. The van der Waals surface area contributed by atoms with Crippen molar-refractivity contribution in [1.29, 1.82) is 0 Å². The third-order valence-electron chi connectivity index (χ3n) is 2.88. The summed E-state index contributed by atoms with van der Waals surface area (Å²) in [5.41, 5.74) is 2.29. The minimum atomic E-state index is -0.414. The Morgan fingerprint density at radius 2 is 1.94 bits per heavy atom. The van der Waals surface area contributed by atoms with Gasteiger partial charge in [0.15, 0.2) is 0 Å². The molecular weight excluding hydrogens is 204 g/mol. The summed E-state index contributed by atoms with van der Waals surface area (Å²) in [5.74, 6) is -0.841. The lowest BCUT2D eigenvalue weighted by Crippen LogP contribution is -2.24. The highest BCUT2D eigenvalue weighted by molar-refractivity contribution is 5.89. The minimum absolute atomic E-state index is 0.0137. The number of aryl methyl sites for hydroxylation is 1. The lowest BCUT2D eigenvalue weighted by atomic mass is 9.90. The Morgan fingerprint density at radius 3 is 2.56 bits per heavy atom. The number of carbonyl (C=O) groups excluding carboxylic acids is 2. The van der Waals surface area contributed by atoms with Crippen LogP contribution in [0.1, 0.15) is 36.8 Å². The predicted octanol–water partition coefficient (Wildman–Crippen LogP) is 2.20. The first-order chi connectivity index (χ1) is 7.69. The van der Waals surface area contributed by atoms with Crippen LogP contribution >= 0.6 is 0 Å². The molecule has 0 radical (unpaired) electrons. The highest BCUT2D eigenvalue weighted by atomic mass is 16.6. The number of benzene rings is 1. The maximum atomic E-state index is 11.2. The molecule has 0 unspecified atom stereocenters. The van der Waals surface area contributed by atoms with Gasteiger partial charge < -0.3 is 4.74 Å². The molecule has 3 heteroatoms. The maximum Gasteiger partial charge on any atom is 0.314 e. The number of cyclic esters (lactones) is 2. The van der Waals surface area contributed by atoms with Crippen molar-refractivity contribution in [3.63, 3.8) is 0 Å². The third-order valence-corrected chi connectivity index (χ3v) is 2.88. The fourth-order valence-electron chi connectivity index (χ4n) is 1.99. The second kappa shape index (κ2) is 4.47. The molecule has 1 saturated heterocycles. The smallest absolute Gasteiger partial charge is 0.314 e. The molecule has 3 nitrogen and oxygen atoms in total. The topological polar surface area (TPSA) is 43.4 Å². The van der Waals surface area contributed by atoms with Gasteiger partial charge in [0, 0.05) is 5.92 Å². The summed E-state index contributed by atoms with van der Waals surface area (Å²) in [6, 6.07) is 8.05. The van der Waals surface area contributed by atoms with Gasteiger partial charge in [-0.1, -0.05) is 31.2 Å². The van der Waals surface area contributed by atoms with Gasteiger partial charge in [0.05, 0.1) is 12.8 Å². The van der Waals surface area contributed by atoms with E-state index in [1.165, 1.54) is 5.56 Å². The van der Waals surface area contributed by atoms with Gasteiger partial charge >= 0.3 is 11.9 Å². The fraction of sp³-hybridized carbons (Fsp3) is 0.385. The van der Waals surface area contributed by atoms with Crippen LogP contribution in [0.4, 0.5) is 0 Å². The first kappa shape index (κ1) is 10.9. The number of hydrogen-bond donors (Lipinski definition) is 0. The molecule has 0 spiro atoms.